The van der Waals surface area contributed by atoms with Crippen molar-refractivity contribution in [1.29, 1.82) is 0 Å². The van der Waals surface area contributed by atoms with Crippen LogP contribution in [0.15, 0.2) is 60.7 Å². The summed E-state index contributed by atoms with van der Waals surface area (Å²) in [5, 5.41) is 0. The first-order valence-electron chi connectivity index (χ1n) is 12.1. The summed E-state index contributed by atoms with van der Waals surface area (Å²) >= 11 is 0. The molecule has 0 atom stereocenters. The SMILES string of the molecule is CC=CCc1ccc(-c2ccc(-c3ccc(C4CCC(CC)CC4)c(F)c3F)cc2)c(F)c1F. The molecule has 0 spiro atoms. The lowest BCUT2D eigenvalue weighted by Gasteiger charge is -2.28. The molecule has 0 nitrogen and oxygen atoms in total. The fourth-order valence-corrected chi connectivity index (χ4v) is 5.03. The molecule has 1 aliphatic rings. The van der Waals surface area contributed by atoms with Crippen LogP contribution in [-0.4, -0.2) is 0 Å². The first kappa shape index (κ1) is 24.3. The van der Waals surface area contributed by atoms with Gasteiger partial charge in [-0.2, -0.15) is 0 Å². The Morgan fingerprint density at radius 2 is 1.26 bits per heavy atom. The largest absolute Gasteiger partial charge is 0.203 e. The molecule has 4 heteroatoms. The number of rotatable bonds is 6. The third kappa shape index (κ3) is 4.82. The van der Waals surface area contributed by atoms with Gasteiger partial charge in [0.2, 0.25) is 0 Å². The molecule has 1 fully saturated rings. The van der Waals surface area contributed by atoms with E-state index in [0.717, 1.165) is 32.1 Å². The Morgan fingerprint density at radius 1 is 0.706 bits per heavy atom. The molecule has 1 saturated carbocycles. The Kier molecular flexibility index (Phi) is 7.55. The van der Waals surface area contributed by atoms with Gasteiger partial charge in [-0.05, 0) is 73.1 Å². The van der Waals surface area contributed by atoms with Gasteiger partial charge in [0.1, 0.15) is 0 Å². The summed E-state index contributed by atoms with van der Waals surface area (Å²) in [5.41, 5.74) is 2.02. The predicted octanol–water partition coefficient (Wildman–Crippen LogP) is 9.38. The molecule has 34 heavy (non-hydrogen) atoms. The van der Waals surface area contributed by atoms with Crippen LogP contribution in [0.2, 0.25) is 0 Å². The summed E-state index contributed by atoms with van der Waals surface area (Å²) in [7, 11) is 0. The quantitative estimate of drug-likeness (QED) is 0.251. The molecular formula is C30H30F4. The van der Waals surface area contributed by atoms with Crippen molar-refractivity contribution in [2.24, 2.45) is 5.92 Å². The zero-order chi connectivity index (χ0) is 24.2. The lowest BCUT2D eigenvalue weighted by atomic mass is 9.77. The molecule has 0 unspecified atom stereocenters. The van der Waals surface area contributed by atoms with Gasteiger partial charge in [0.25, 0.3) is 0 Å². The maximum atomic E-state index is 15.0. The highest BCUT2D eigenvalue weighted by molar-refractivity contribution is 5.71. The van der Waals surface area contributed by atoms with Crippen LogP contribution in [0.4, 0.5) is 17.6 Å². The molecule has 178 valence electrons. The van der Waals surface area contributed by atoms with Crippen LogP contribution in [-0.2, 0) is 6.42 Å². The van der Waals surface area contributed by atoms with Gasteiger partial charge in [-0.3, -0.25) is 0 Å². The van der Waals surface area contributed by atoms with Crippen LogP contribution in [0.25, 0.3) is 22.3 Å². The van der Waals surface area contributed by atoms with Crippen molar-refractivity contribution in [2.75, 3.05) is 0 Å². The highest BCUT2D eigenvalue weighted by Gasteiger charge is 2.26. The average Bonchev–Trinajstić information content (AvgIpc) is 2.87. The number of allylic oxidation sites excluding steroid dienone is 2. The predicted molar refractivity (Wildman–Crippen MR) is 131 cm³/mol. The molecule has 3 aromatic rings. The number of hydrogen-bond acceptors (Lipinski definition) is 0. The third-order valence-corrected chi connectivity index (χ3v) is 7.22. The minimum absolute atomic E-state index is 0.0578. The zero-order valence-electron chi connectivity index (χ0n) is 19.7. The Hall–Kier alpha value is -2.88. The summed E-state index contributed by atoms with van der Waals surface area (Å²) < 4.78 is 59.2. The number of hydrogen-bond donors (Lipinski definition) is 0. The first-order chi connectivity index (χ1) is 16.4. The molecule has 1 aliphatic carbocycles. The van der Waals surface area contributed by atoms with Crippen LogP contribution in [0.5, 0.6) is 0 Å². The molecule has 0 saturated heterocycles. The normalized spacial score (nSPS) is 18.5. The third-order valence-electron chi connectivity index (χ3n) is 7.22. The Bertz CT molecular complexity index is 1170. The molecule has 0 N–H and O–H groups in total. The van der Waals surface area contributed by atoms with E-state index < -0.39 is 23.3 Å². The second-order valence-electron chi connectivity index (χ2n) is 9.21. The van der Waals surface area contributed by atoms with E-state index in [2.05, 4.69) is 6.92 Å². The highest BCUT2D eigenvalue weighted by atomic mass is 19.2. The lowest BCUT2D eigenvalue weighted by molar-refractivity contribution is 0.312. The number of halogens is 4. The summed E-state index contributed by atoms with van der Waals surface area (Å²) in [5.74, 6) is -2.66. The molecule has 0 aromatic heterocycles. The molecule has 0 aliphatic heterocycles. The van der Waals surface area contributed by atoms with Gasteiger partial charge < -0.3 is 0 Å². The minimum Gasteiger partial charge on any atom is -0.203 e. The molecule has 0 amide bonds. The van der Waals surface area contributed by atoms with E-state index in [9.17, 15) is 8.78 Å². The monoisotopic (exact) mass is 466 g/mol. The Labute approximate surface area is 199 Å². The van der Waals surface area contributed by atoms with E-state index in [4.69, 9.17) is 0 Å². The van der Waals surface area contributed by atoms with Crippen LogP contribution in [0, 0.1) is 29.2 Å². The molecule has 0 heterocycles. The van der Waals surface area contributed by atoms with Crippen molar-refractivity contribution in [1.82, 2.24) is 0 Å². The van der Waals surface area contributed by atoms with Crippen molar-refractivity contribution in [3.05, 3.63) is 95.1 Å². The van der Waals surface area contributed by atoms with Gasteiger partial charge in [0.15, 0.2) is 23.3 Å². The van der Waals surface area contributed by atoms with E-state index >= 15 is 8.78 Å². The Morgan fingerprint density at radius 3 is 1.82 bits per heavy atom. The zero-order valence-corrected chi connectivity index (χ0v) is 19.7. The maximum Gasteiger partial charge on any atom is 0.166 e. The van der Waals surface area contributed by atoms with Gasteiger partial charge in [-0.15, -0.1) is 0 Å². The molecule has 0 radical (unpaired) electrons. The molecule has 4 rings (SSSR count). The average molecular weight is 467 g/mol. The van der Waals surface area contributed by atoms with Crippen molar-refractivity contribution in [2.45, 2.75) is 58.3 Å². The Balaban J connectivity index is 1.58. The van der Waals surface area contributed by atoms with E-state index in [-0.39, 0.29) is 22.6 Å². The topological polar surface area (TPSA) is 0 Å². The van der Waals surface area contributed by atoms with E-state index in [1.165, 1.54) is 0 Å². The summed E-state index contributed by atoms with van der Waals surface area (Å²) in [6.07, 6.45) is 8.89. The van der Waals surface area contributed by atoms with Crippen LogP contribution in [0.1, 0.15) is 63.0 Å². The van der Waals surface area contributed by atoms with Crippen LogP contribution >= 0.6 is 0 Å². The van der Waals surface area contributed by atoms with Crippen LogP contribution < -0.4 is 0 Å². The second-order valence-corrected chi connectivity index (χ2v) is 9.21. The first-order valence-corrected chi connectivity index (χ1v) is 12.1. The second kappa shape index (κ2) is 10.6. The summed E-state index contributed by atoms with van der Waals surface area (Å²) in [6, 6.07) is 12.9. The van der Waals surface area contributed by atoms with Crippen molar-refractivity contribution < 1.29 is 17.6 Å². The van der Waals surface area contributed by atoms with E-state index in [1.54, 1.807) is 60.7 Å². The summed E-state index contributed by atoms with van der Waals surface area (Å²) in [4.78, 5) is 0. The van der Waals surface area contributed by atoms with Crippen molar-refractivity contribution in [3.8, 4) is 22.3 Å². The van der Waals surface area contributed by atoms with Crippen molar-refractivity contribution in [3.63, 3.8) is 0 Å². The smallest absolute Gasteiger partial charge is 0.166 e. The highest BCUT2D eigenvalue weighted by Crippen LogP contribution is 2.40. The van der Waals surface area contributed by atoms with Gasteiger partial charge in [-0.25, -0.2) is 17.6 Å². The lowest BCUT2D eigenvalue weighted by Crippen LogP contribution is -2.14. The fraction of sp³-hybridized carbons (Fsp3) is 0.333. The maximum absolute atomic E-state index is 15.0. The van der Waals surface area contributed by atoms with Crippen LogP contribution in [0.3, 0.4) is 0 Å². The molecule has 0 bridgehead atoms. The minimum atomic E-state index is -0.908. The van der Waals surface area contributed by atoms with Gasteiger partial charge >= 0.3 is 0 Å². The molecule has 3 aromatic carbocycles. The van der Waals surface area contributed by atoms with Gasteiger partial charge in [0, 0.05) is 11.1 Å². The van der Waals surface area contributed by atoms with E-state index in [0.29, 0.717) is 29.0 Å². The fourth-order valence-electron chi connectivity index (χ4n) is 5.03. The van der Waals surface area contributed by atoms with Gasteiger partial charge in [-0.1, -0.05) is 74.0 Å². The van der Waals surface area contributed by atoms with Crippen molar-refractivity contribution >= 4 is 0 Å². The standard InChI is InChI=1S/C30H30F4/c1-3-5-6-23-15-16-24(28(32)27(23)31)21-11-13-22(14-12-21)26-18-17-25(29(33)30(26)34)20-9-7-19(4-2)8-10-20/h3,5,11-20H,4,6-10H2,1-2H3. The number of benzene rings is 3. The van der Waals surface area contributed by atoms with Gasteiger partial charge in [0.05, 0.1) is 0 Å². The summed E-state index contributed by atoms with van der Waals surface area (Å²) in [6.45, 7) is 4.00. The molecular weight excluding hydrogens is 436 g/mol. The van der Waals surface area contributed by atoms with E-state index in [1.807, 2.05) is 6.92 Å².